The summed E-state index contributed by atoms with van der Waals surface area (Å²) in [6, 6.07) is 18.4. The van der Waals surface area contributed by atoms with Gasteiger partial charge < -0.3 is 14.5 Å². The van der Waals surface area contributed by atoms with Gasteiger partial charge in [-0.15, -0.1) is 0 Å². The van der Waals surface area contributed by atoms with Crippen LogP contribution in [0.25, 0.3) is 0 Å². The molecule has 1 aliphatic heterocycles. The average molecular weight is 338 g/mol. The largest absolute Gasteiger partial charge is 0.497 e. The monoisotopic (exact) mass is 338 g/mol. The van der Waals surface area contributed by atoms with Crippen LogP contribution in [0.3, 0.4) is 0 Å². The van der Waals surface area contributed by atoms with E-state index in [1.807, 2.05) is 35.2 Å². The van der Waals surface area contributed by atoms with Gasteiger partial charge in [-0.1, -0.05) is 42.5 Å². The van der Waals surface area contributed by atoms with Crippen molar-refractivity contribution in [2.75, 3.05) is 27.7 Å². The normalized spacial score (nSPS) is 20.3. The number of methoxy groups -OCH3 is 1. The van der Waals surface area contributed by atoms with Crippen LogP contribution in [0.4, 0.5) is 0 Å². The lowest BCUT2D eigenvalue weighted by Gasteiger charge is -2.30. The highest BCUT2D eigenvalue weighted by atomic mass is 16.5. The first kappa shape index (κ1) is 17.5. The summed E-state index contributed by atoms with van der Waals surface area (Å²) in [5, 5.41) is 0. The Balaban J connectivity index is 1.94. The molecule has 0 saturated carbocycles. The van der Waals surface area contributed by atoms with Crippen LogP contribution in [0.5, 0.6) is 5.75 Å². The Morgan fingerprint density at radius 3 is 2.56 bits per heavy atom. The smallest absolute Gasteiger partial charge is 0.223 e. The van der Waals surface area contributed by atoms with Crippen molar-refractivity contribution in [3.8, 4) is 5.75 Å². The third-order valence-electron chi connectivity index (χ3n) is 4.77. The van der Waals surface area contributed by atoms with Gasteiger partial charge in [0, 0.05) is 25.4 Å². The molecule has 1 saturated heterocycles. The van der Waals surface area contributed by atoms with Gasteiger partial charge in [0.05, 0.1) is 13.2 Å². The SMILES string of the molecule is COc1cccc(C2C(CN(C)C)CC(=O)N2Cc2ccccc2)c1. The van der Waals surface area contributed by atoms with Crippen LogP contribution in [0, 0.1) is 5.92 Å². The number of carbonyl (C=O) groups excluding carboxylic acids is 1. The maximum atomic E-state index is 12.8. The molecule has 0 spiro atoms. The van der Waals surface area contributed by atoms with E-state index in [9.17, 15) is 4.79 Å². The van der Waals surface area contributed by atoms with Crippen molar-refractivity contribution in [3.63, 3.8) is 0 Å². The van der Waals surface area contributed by atoms with Crippen LogP contribution in [0.2, 0.25) is 0 Å². The third kappa shape index (κ3) is 4.02. The van der Waals surface area contributed by atoms with Gasteiger partial charge in [-0.3, -0.25) is 4.79 Å². The molecule has 0 radical (unpaired) electrons. The molecular formula is C21H26N2O2. The molecule has 1 aliphatic rings. The average Bonchev–Trinajstić information content (AvgIpc) is 2.90. The highest BCUT2D eigenvalue weighted by Crippen LogP contribution is 2.40. The summed E-state index contributed by atoms with van der Waals surface area (Å²) >= 11 is 0. The number of nitrogens with zero attached hydrogens (tertiary/aromatic N) is 2. The Labute approximate surface area is 150 Å². The minimum absolute atomic E-state index is 0.0743. The highest BCUT2D eigenvalue weighted by molar-refractivity contribution is 5.79. The van der Waals surface area contributed by atoms with Crippen molar-refractivity contribution < 1.29 is 9.53 Å². The summed E-state index contributed by atoms with van der Waals surface area (Å²) in [6.07, 6.45) is 0.590. The lowest BCUT2D eigenvalue weighted by molar-refractivity contribution is -0.129. The lowest BCUT2D eigenvalue weighted by Crippen LogP contribution is -2.31. The predicted octanol–water partition coefficient (Wildman–Crippen LogP) is 3.35. The number of amides is 1. The first-order chi connectivity index (χ1) is 12.1. The summed E-state index contributed by atoms with van der Waals surface area (Å²) in [4.78, 5) is 17.0. The van der Waals surface area contributed by atoms with Gasteiger partial charge in [0.15, 0.2) is 0 Å². The Kier molecular flexibility index (Phi) is 5.39. The number of hydrogen-bond acceptors (Lipinski definition) is 3. The summed E-state index contributed by atoms with van der Waals surface area (Å²) in [6.45, 7) is 1.53. The van der Waals surface area contributed by atoms with E-state index in [0.717, 1.165) is 23.4 Å². The predicted molar refractivity (Wildman–Crippen MR) is 99.4 cm³/mol. The van der Waals surface area contributed by atoms with Crippen LogP contribution in [0.1, 0.15) is 23.6 Å². The van der Waals surface area contributed by atoms with E-state index in [1.54, 1.807) is 7.11 Å². The van der Waals surface area contributed by atoms with E-state index in [0.29, 0.717) is 13.0 Å². The van der Waals surface area contributed by atoms with Crippen molar-refractivity contribution >= 4 is 5.91 Å². The van der Waals surface area contributed by atoms with Gasteiger partial charge in [0.25, 0.3) is 0 Å². The molecule has 132 valence electrons. The number of benzene rings is 2. The topological polar surface area (TPSA) is 32.8 Å². The van der Waals surface area contributed by atoms with Crippen molar-refractivity contribution in [2.45, 2.75) is 19.0 Å². The number of carbonyl (C=O) groups is 1. The highest BCUT2D eigenvalue weighted by Gasteiger charge is 2.40. The summed E-state index contributed by atoms with van der Waals surface area (Å²) in [7, 11) is 5.80. The minimum atomic E-state index is 0.0743. The first-order valence-corrected chi connectivity index (χ1v) is 8.70. The molecule has 4 heteroatoms. The molecule has 2 atom stereocenters. The van der Waals surface area contributed by atoms with Gasteiger partial charge in [0.2, 0.25) is 5.91 Å². The molecule has 0 bridgehead atoms. The molecule has 1 fully saturated rings. The number of ether oxygens (including phenoxy) is 1. The van der Waals surface area contributed by atoms with E-state index in [2.05, 4.69) is 43.3 Å². The fourth-order valence-corrected chi connectivity index (χ4v) is 3.74. The van der Waals surface area contributed by atoms with Crippen molar-refractivity contribution in [3.05, 3.63) is 65.7 Å². The van der Waals surface area contributed by atoms with E-state index in [1.165, 1.54) is 0 Å². The molecule has 1 heterocycles. The van der Waals surface area contributed by atoms with E-state index < -0.39 is 0 Å². The lowest BCUT2D eigenvalue weighted by atomic mass is 9.93. The Bertz CT molecular complexity index is 715. The second-order valence-corrected chi connectivity index (χ2v) is 6.96. The molecule has 0 aliphatic carbocycles. The van der Waals surface area contributed by atoms with Crippen LogP contribution in [-0.4, -0.2) is 43.5 Å². The number of rotatable bonds is 6. The second kappa shape index (κ2) is 7.70. The maximum Gasteiger partial charge on any atom is 0.223 e. The standard InChI is InChI=1S/C21H26N2O2/c1-22(2)15-18-13-20(24)23(14-16-8-5-4-6-9-16)21(18)17-10-7-11-19(12-17)25-3/h4-12,18,21H,13-15H2,1-3H3. The molecular weight excluding hydrogens is 312 g/mol. The first-order valence-electron chi connectivity index (χ1n) is 8.70. The van der Waals surface area contributed by atoms with Crippen LogP contribution in [0.15, 0.2) is 54.6 Å². The second-order valence-electron chi connectivity index (χ2n) is 6.96. The van der Waals surface area contributed by atoms with Crippen molar-refractivity contribution in [2.24, 2.45) is 5.92 Å². The maximum absolute atomic E-state index is 12.8. The zero-order valence-electron chi connectivity index (χ0n) is 15.2. The number of likely N-dealkylation sites (tertiary alicyclic amines) is 1. The van der Waals surface area contributed by atoms with Crippen LogP contribution >= 0.6 is 0 Å². The molecule has 1 amide bonds. The third-order valence-corrected chi connectivity index (χ3v) is 4.77. The van der Waals surface area contributed by atoms with E-state index >= 15 is 0 Å². The molecule has 2 aromatic carbocycles. The molecule has 25 heavy (non-hydrogen) atoms. The van der Waals surface area contributed by atoms with Gasteiger partial charge in [-0.05, 0) is 37.4 Å². The van der Waals surface area contributed by atoms with Gasteiger partial charge >= 0.3 is 0 Å². The quantitative estimate of drug-likeness (QED) is 0.810. The van der Waals surface area contributed by atoms with E-state index in [4.69, 9.17) is 4.74 Å². The zero-order valence-corrected chi connectivity index (χ0v) is 15.2. The summed E-state index contributed by atoms with van der Waals surface area (Å²) in [5.74, 6) is 1.34. The molecule has 0 aromatic heterocycles. The number of hydrogen-bond donors (Lipinski definition) is 0. The molecule has 2 aromatic rings. The Morgan fingerprint density at radius 2 is 1.88 bits per heavy atom. The van der Waals surface area contributed by atoms with Crippen molar-refractivity contribution in [1.29, 1.82) is 0 Å². The van der Waals surface area contributed by atoms with Gasteiger partial charge in [0.1, 0.15) is 5.75 Å². The summed E-state index contributed by atoms with van der Waals surface area (Å²) in [5.41, 5.74) is 2.31. The van der Waals surface area contributed by atoms with Crippen LogP contribution < -0.4 is 4.74 Å². The fourth-order valence-electron chi connectivity index (χ4n) is 3.74. The molecule has 3 rings (SSSR count). The Hall–Kier alpha value is -2.33. The van der Waals surface area contributed by atoms with Crippen molar-refractivity contribution in [1.82, 2.24) is 9.80 Å². The van der Waals surface area contributed by atoms with Gasteiger partial charge in [-0.25, -0.2) is 0 Å². The van der Waals surface area contributed by atoms with Crippen LogP contribution in [-0.2, 0) is 11.3 Å². The molecule has 0 N–H and O–H groups in total. The fraction of sp³-hybridized carbons (Fsp3) is 0.381. The van der Waals surface area contributed by atoms with E-state index in [-0.39, 0.29) is 17.9 Å². The Morgan fingerprint density at radius 1 is 1.12 bits per heavy atom. The summed E-state index contributed by atoms with van der Waals surface area (Å²) < 4.78 is 5.40. The zero-order chi connectivity index (χ0) is 17.8. The minimum Gasteiger partial charge on any atom is -0.497 e. The van der Waals surface area contributed by atoms with Gasteiger partial charge in [-0.2, -0.15) is 0 Å². The molecule has 2 unspecified atom stereocenters. The molecule has 4 nitrogen and oxygen atoms in total.